The molecule has 0 aliphatic carbocycles. The second kappa shape index (κ2) is 10.3. The molecule has 190 valence electrons. The molecule has 1 aliphatic heterocycles. The third-order valence-electron chi connectivity index (χ3n) is 6.58. The summed E-state index contributed by atoms with van der Waals surface area (Å²) in [6.45, 7) is 1.96. The number of carbonyl (C=O) groups is 1. The van der Waals surface area contributed by atoms with Crippen molar-refractivity contribution in [2.75, 3.05) is 10.6 Å². The van der Waals surface area contributed by atoms with E-state index in [0.717, 1.165) is 11.1 Å². The maximum absolute atomic E-state index is 14.0. The lowest BCUT2D eigenvalue weighted by Crippen LogP contribution is -2.31. The molecule has 3 atom stereocenters. The van der Waals surface area contributed by atoms with Crippen molar-refractivity contribution in [3.8, 4) is 0 Å². The van der Waals surface area contributed by atoms with Gasteiger partial charge < -0.3 is 15.7 Å². The number of halogens is 3. The Bertz CT molecular complexity index is 1410. The van der Waals surface area contributed by atoms with Gasteiger partial charge in [0.1, 0.15) is 23.5 Å². The molecule has 5 rings (SSSR count). The van der Waals surface area contributed by atoms with E-state index in [9.17, 15) is 18.7 Å². The molecule has 9 heteroatoms. The lowest BCUT2D eigenvalue weighted by atomic mass is 9.96. The van der Waals surface area contributed by atoms with E-state index in [1.165, 1.54) is 10.9 Å². The fourth-order valence-electron chi connectivity index (χ4n) is 4.59. The predicted molar refractivity (Wildman–Crippen MR) is 139 cm³/mol. The van der Waals surface area contributed by atoms with Crippen LogP contribution in [0.2, 0.25) is 5.02 Å². The zero-order chi connectivity index (χ0) is 26.1. The Morgan fingerprint density at radius 2 is 1.86 bits per heavy atom. The van der Waals surface area contributed by atoms with Gasteiger partial charge in [-0.2, -0.15) is 5.10 Å². The largest absolute Gasteiger partial charge is 0.384 e. The standard InChI is InChI=1S/C28H25ClF2N4O2/c1-16-7-9-17(10-8-16)23-14-24(26(30)31)35-27(33-23)21(15-32-35)28(37)34-22-12-11-19(29)13-20(22)25(36)18-5-3-2-4-6-18/h2-13,15,23-26,33,36H,14H2,1H3,(H,34,37)/t23-,24+,25-/m0/s1. The van der Waals surface area contributed by atoms with Crippen LogP contribution in [0.3, 0.4) is 0 Å². The van der Waals surface area contributed by atoms with Crippen LogP contribution in [-0.2, 0) is 0 Å². The number of hydrogen-bond donors (Lipinski definition) is 3. The van der Waals surface area contributed by atoms with Crippen molar-refractivity contribution >= 4 is 29.0 Å². The van der Waals surface area contributed by atoms with Gasteiger partial charge in [-0.3, -0.25) is 4.79 Å². The van der Waals surface area contributed by atoms with Crippen molar-refractivity contribution in [2.45, 2.75) is 38.0 Å². The molecule has 0 unspecified atom stereocenters. The van der Waals surface area contributed by atoms with Crippen LogP contribution in [0.1, 0.15) is 57.2 Å². The monoisotopic (exact) mass is 522 g/mol. The summed E-state index contributed by atoms with van der Waals surface area (Å²) in [5.74, 6) is -0.325. The van der Waals surface area contributed by atoms with E-state index in [4.69, 9.17) is 11.6 Å². The molecule has 0 saturated heterocycles. The van der Waals surface area contributed by atoms with Crippen LogP contribution in [-0.4, -0.2) is 27.2 Å². The van der Waals surface area contributed by atoms with Crippen molar-refractivity contribution < 1.29 is 18.7 Å². The average molecular weight is 523 g/mol. The van der Waals surface area contributed by atoms with Crippen LogP contribution in [0.5, 0.6) is 0 Å². The van der Waals surface area contributed by atoms with Gasteiger partial charge in [-0.1, -0.05) is 71.8 Å². The lowest BCUT2D eigenvalue weighted by Gasteiger charge is -2.32. The first-order chi connectivity index (χ1) is 17.8. The normalized spacial score (nSPS) is 17.7. The van der Waals surface area contributed by atoms with Gasteiger partial charge in [0.15, 0.2) is 0 Å². The Balaban J connectivity index is 1.46. The van der Waals surface area contributed by atoms with Crippen molar-refractivity contribution in [1.82, 2.24) is 9.78 Å². The summed E-state index contributed by atoms with van der Waals surface area (Å²) >= 11 is 6.19. The number of aromatic nitrogens is 2. The SMILES string of the molecule is Cc1ccc([C@@H]2C[C@H](C(F)F)n3ncc(C(=O)Nc4ccc(Cl)cc4[C@@H](O)c4ccccc4)c3N2)cc1. The van der Waals surface area contributed by atoms with Gasteiger partial charge in [0, 0.05) is 16.3 Å². The van der Waals surface area contributed by atoms with Gasteiger partial charge in [0.2, 0.25) is 0 Å². The van der Waals surface area contributed by atoms with E-state index in [0.29, 0.717) is 21.8 Å². The van der Waals surface area contributed by atoms with Gasteiger partial charge in [0.25, 0.3) is 12.3 Å². The summed E-state index contributed by atoms with van der Waals surface area (Å²) in [6, 6.07) is 19.8. The van der Waals surface area contributed by atoms with E-state index in [1.54, 1.807) is 42.5 Å². The molecule has 0 radical (unpaired) electrons. The average Bonchev–Trinajstić information content (AvgIpc) is 3.34. The number of nitrogens with zero attached hydrogens (tertiary/aromatic N) is 2. The molecule has 4 aromatic rings. The molecular weight excluding hydrogens is 498 g/mol. The highest BCUT2D eigenvalue weighted by atomic mass is 35.5. The number of rotatable bonds is 6. The second-order valence-electron chi connectivity index (χ2n) is 9.10. The van der Waals surface area contributed by atoms with Gasteiger partial charge in [-0.15, -0.1) is 0 Å². The fraction of sp³-hybridized carbons (Fsp3) is 0.214. The van der Waals surface area contributed by atoms with Crippen molar-refractivity contribution in [3.63, 3.8) is 0 Å². The number of hydrogen-bond acceptors (Lipinski definition) is 4. The molecule has 1 amide bonds. The highest BCUT2D eigenvalue weighted by Crippen LogP contribution is 2.40. The molecule has 2 heterocycles. The van der Waals surface area contributed by atoms with Crippen molar-refractivity contribution in [3.05, 3.63) is 112 Å². The van der Waals surface area contributed by atoms with Crippen LogP contribution in [0.15, 0.2) is 79.0 Å². The zero-order valence-electron chi connectivity index (χ0n) is 19.9. The van der Waals surface area contributed by atoms with E-state index < -0.39 is 30.5 Å². The lowest BCUT2D eigenvalue weighted by molar-refractivity contribution is 0.0657. The third-order valence-corrected chi connectivity index (χ3v) is 6.82. The minimum atomic E-state index is -2.66. The summed E-state index contributed by atoms with van der Waals surface area (Å²) in [6.07, 6.45) is -2.29. The second-order valence-corrected chi connectivity index (χ2v) is 9.53. The molecular formula is C28H25ClF2N4O2. The minimum absolute atomic E-state index is 0.123. The Morgan fingerprint density at radius 3 is 2.57 bits per heavy atom. The number of nitrogens with one attached hydrogen (secondary N) is 2. The van der Waals surface area contributed by atoms with Crippen LogP contribution in [0.4, 0.5) is 20.3 Å². The number of carbonyl (C=O) groups excluding carboxylic acids is 1. The fourth-order valence-corrected chi connectivity index (χ4v) is 4.78. The molecule has 1 aromatic heterocycles. The van der Waals surface area contributed by atoms with E-state index in [1.807, 2.05) is 37.3 Å². The zero-order valence-corrected chi connectivity index (χ0v) is 20.7. The molecule has 0 saturated carbocycles. The summed E-state index contributed by atoms with van der Waals surface area (Å²) < 4.78 is 29.2. The Labute approximate surface area is 217 Å². The maximum Gasteiger partial charge on any atom is 0.261 e. The highest BCUT2D eigenvalue weighted by Gasteiger charge is 2.36. The number of alkyl halides is 2. The Kier molecular flexibility index (Phi) is 6.95. The van der Waals surface area contributed by atoms with Crippen molar-refractivity contribution in [1.29, 1.82) is 0 Å². The summed E-state index contributed by atoms with van der Waals surface area (Å²) in [7, 11) is 0. The topological polar surface area (TPSA) is 79.2 Å². The van der Waals surface area contributed by atoms with E-state index in [2.05, 4.69) is 15.7 Å². The van der Waals surface area contributed by atoms with E-state index >= 15 is 0 Å². The van der Waals surface area contributed by atoms with Gasteiger partial charge >= 0.3 is 0 Å². The van der Waals surface area contributed by atoms with Crippen molar-refractivity contribution in [2.24, 2.45) is 0 Å². The van der Waals surface area contributed by atoms with Gasteiger partial charge in [0.05, 0.1) is 12.2 Å². The van der Waals surface area contributed by atoms with Gasteiger partial charge in [-0.25, -0.2) is 13.5 Å². The predicted octanol–water partition coefficient (Wildman–Crippen LogP) is 6.54. The molecule has 0 fully saturated rings. The highest BCUT2D eigenvalue weighted by molar-refractivity contribution is 6.30. The Hall–Kier alpha value is -3.75. The smallest absolute Gasteiger partial charge is 0.261 e. The van der Waals surface area contributed by atoms with Crippen LogP contribution in [0.25, 0.3) is 0 Å². The first-order valence-corrected chi connectivity index (χ1v) is 12.2. The minimum Gasteiger partial charge on any atom is -0.384 e. The maximum atomic E-state index is 14.0. The first kappa shape index (κ1) is 24.9. The molecule has 1 aliphatic rings. The summed E-state index contributed by atoms with van der Waals surface area (Å²) in [5, 5.41) is 21.6. The number of amides is 1. The van der Waals surface area contributed by atoms with Crippen LogP contribution in [0, 0.1) is 6.92 Å². The van der Waals surface area contributed by atoms with Crippen LogP contribution >= 0.6 is 11.6 Å². The number of aryl methyl sites for hydroxylation is 1. The third kappa shape index (κ3) is 5.08. The molecule has 0 spiro atoms. The number of aliphatic hydroxyl groups excluding tert-OH is 1. The molecule has 3 N–H and O–H groups in total. The number of anilines is 2. The van der Waals surface area contributed by atoms with Crippen LogP contribution < -0.4 is 10.6 Å². The summed E-state index contributed by atoms with van der Waals surface area (Å²) in [4.78, 5) is 13.4. The first-order valence-electron chi connectivity index (χ1n) is 11.8. The quantitative estimate of drug-likeness (QED) is 0.268. The number of fused-ring (bicyclic) bond motifs is 1. The van der Waals surface area contributed by atoms with Gasteiger partial charge in [-0.05, 0) is 42.7 Å². The summed E-state index contributed by atoms with van der Waals surface area (Å²) in [5.41, 5.74) is 3.42. The Morgan fingerprint density at radius 1 is 1.14 bits per heavy atom. The van der Waals surface area contributed by atoms with E-state index in [-0.39, 0.29) is 17.8 Å². The number of aliphatic hydroxyl groups is 1. The number of benzene rings is 3. The molecule has 37 heavy (non-hydrogen) atoms. The molecule has 3 aromatic carbocycles. The molecule has 0 bridgehead atoms. The molecule has 6 nitrogen and oxygen atoms in total.